The first kappa shape index (κ1) is 18.6. The maximum Gasteiger partial charge on any atom is 0.319 e. The molecule has 4 heteroatoms. The van der Waals surface area contributed by atoms with Gasteiger partial charge < -0.3 is 10.6 Å². The second-order valence-electron chi connectivity index (χ2n) is 7.16. The van der Waals surface area contributed by atoms with Crippen molar-refractivity contribution in [3.8, 4) is 0 Å². The summed E-state index contributed by atoms with van der Waals surface area (Å²) in [4.78, 5) is 16.8. The van der Waals surface area contributed by atoms with Gasteiger partial charge in [0.25, 0.3) is 0 Å². The zero-order chi connectivity index (χ0) is 19.4. The predicted molar refractivity (Wildman–Crippen MR) is 114 cm³/mol. The summed E-state index contributed by atoms with van der Waals surface area (Å²) < 4.78 is 0. The van der Waals surface area contributed by atoms with Gasteiger partial charge in [0, 0.05) is 18.4 Å². The topological polar surface area (TPSA) is 53.5 Å². The number of benzene rings is 3. The molecule has 0 bridgehead atoms. The second-order valence-corrected chi connectivity index (χ2v) is 7.16. The minimum atomic E-state index is -0.523. The number of amides is 2. The molecule has 0 heterocycles. The Morgan fingerprint density at radius 2 is 1.67 bits per heavy atom. The van der Waals surface area contributed by atoms with Gasteiger partial charge in [0.05, 0.1) is 5.54 Å². The number of hydrogen-bond acceptors (Lipinski definition) is 2. The monoisotopic (exact) mass is 359 g/mol. The second kappa shape index (κ2) is 7.62. The largest absolute Gasteiger partial charge is 0.329 e. The number of hydrogen-bond donors (Lipinski definition) is 2. The molecular formula is C23H25N3O. The van der Waals surface area contributed by atoms with Gasteiger partial charge in [-0.3, -0.25) is 4.99 Å². The van der Waals surface area contributed by atoms with Crippen LogP contribution in [0.25, 0.3) is 10.8 Å². The van der Waals surface area contributed by atoms with Crippen LogP contribution in [0.15, 0.2) is 71.7 Å². The Morgan fingerprint density at radius 1 is 0.926 bits per heavy atom. The van der Waals surface area contributed by atoms with Gasteiger partial charge in [-0.25, -0.2) is 4.79 Å². The van der Waals surface area contributed by atoms with Crippen molar-refractivity contribution in [2.75, 3.05) is 12.4 Å². The molecule has 3 aromatic carbocycles. The molecule has 0 unspecified atom stereocenters. The van der Waals surface area contributed by atoms with E-state index in [0.717, 1.165) is 33.3 Å². The fourth-order valence-corrected chi connectivity index (χ4v) is 3.05. The third kappa shape index (κ3) is 4.34. The van der Waals surface area contributed by atoms with E-state index < -0.39 is 5.54 Å². The highest BCUT2D eigenvalue weighted by Gasteiger charge is 2.23. The fraction of sp³-hybridized carbons (Fsp3) is 0.217. The van der Waals surface area contributed by atoms with Crippen LogP contribution in [0.2, 0.25) is 0 Å². The number of nitrogens with one attached hydrogen (secondary N) is 2. The van der Waals surface area contributed by atoms with Crippen LogP contribution in [0, 0.1) is 0 Å². The first-order chi connectivity index (χ1) is 12.9. The van der Waals surface area contributed by atoms with Crippen molar-refractivity contribution in [2.24, 2.45) is 4.99 Å². The molecule has 0 spiro atoms. The standard InChI is InChI=1S/C23H25N3O/c1-16(24-4)18-10-7-11-20(14-18)23(2,3)26-22(27)25-21-13-12-17-8-5-6-9-19(17)15-21/h5-15H,1-4H3,(H2,25,26,27)/b24-16+. The van der Waals surface area contributed by atoms with E-state index in [4.69, 9.17) is 0 Å². The number of rotatable bonds is 4. The van der Waals surface area contributed by atoms with Gasteiger partial charge in [-0.1, -0.05) is 48.5 Å². The number of anilines is 1. The van der Waals surface area contributed by atoms with E-state index >= 15 is 0 Å². The predicted octanol–water partition coefficient (Wildman–Crippen LogP) is 5.34. The zero-order valence-electron chi connectivity index (χ0n) is 16.2. The lowest BCUT2D eigenvalue weighted by Crippen LogP contribution is -2.43. The van der Waals surface area contributed by atoms with Crippen LogP contribution in [0.4, 0.5) is 10.5 Å². The van der Waals surface area contributed by atoms with Crippen molar-refractivity contribution in [3.63, 3.8) is 0 Å². The third-order valence-corrected chi connectivity index (χ3v) is 4.77. The molecule has 3 rings (SSSR count). The van der Waals surface area contributed by atoms with Gasteiger partial charge in [-0.15, -0.1) is 0 Å². The quantitative estimate of drug-likeness (QED) is 0.607. The molecule has 2 N–H and O–H groups in total. The van der Waals surface area contributed by atoms with Gasteiger partial charge in [-0.2, -0.15) is 0 Å². The van der Waals surface area contributed by atoms with Crippen LogP contribution < -0.4 is 10.6 Å². The highest BCUT2D eigenvalue weighted by Crippen LogP contribution is 2.23. The van der Waals surface area contributed by atoms with E-state index in [-0.39, 0.29) is 6.03 Å². The molecular weight excluding hydrogens is 334 g/mol. The molecule has 0 saturated heterocycles. The average Bonchev–Trinajstić information content (AvgIpc) is 2.67. The minimum Gasteiger partial charge on any atom is -0.329 e. The molecule has 0 aromatic heterocycles. The highest BCUT2D eigenvalue weighted by molar-refractivity contribution is 5.99. The van der Waals surface area contributed by atoms with Crippen LogP contribution in [0.5, 0.6) is 0 Å². The summed E-state index contributed by atoms with van der Waals surface area (Å²) in [5.74, 6) is 0. The summed E-state index contributed by atoms with van der Waals surface area (Å²) in [5, 5.41) is 8.24. The lowest BCUT2D eigenvalue weighted by molar-refractivity contribution is 0.242. The molecule has 4 nitrogen and oxygen atoms in total. The van der Waals surface area contributed by atoms with Crippen molar-refractivity contribution >= 4 is 28.2 Å². The van der Waals surface area contributed by atoms with Crippen molar-refractivity contribution in [1.29, 1.82) is 0 Å². The Hall–Kier alpha value is -3.14. The van der Waals surface area contributed by atoms with Crippen molar-refractivity contribution in [1.82, 2.24) is 5.32 Å². The molecule has 138 valence electrons. The Labute approximate surface area is 160 Å². The number of urea groups is 1. The van der Waals surface area contributed by atoms with Crippen LogP contribution in [-0.2, 0) is 5.54 Å². The maximum absolute atomic E-state index is 12.6. The van der Waals surface area contributed by atoms with Gasteiger partial charge in [0.1, 0.15) is 0 Å². The summed E-state index contributed by atoms with van der Waals surface area (Å²) in [7, 11) is 1.78. The van der Waals surface area contributed by atoms with Crippen LogP contribution in [-0.4, -0.2) is 18.8 Å². The maximum atomic E-state index is 12.6. The van der Waals surface area contributed by atoms with E-state index in [0.29, 0.717) is 0 Å². The molecule has 0 aliphatic heterocycles. The Kier molecular flexibility index (Phi) is 5.26. The molecule has 0 fully saturated rings. The number of fused-ring (bicyclic) bond motifs is 1. The Balaban J connectivity index is 1.75. The Morgan fingerprint density at radius 3 is 2.41 bits per heavy atom. The third-order valence-electron chi connectivity index (χ3n) is 4.77. The molecule has 2 amide bonds. The zero-order valence-corrected chi connectivity index (χ0v) is 16.2. The summed E-state index contributed by atoms with van der Waals surface area (Å²) in [5.41, 5.74) is 3.29. The van der Waals surface area contributed by atoms with Crippen molar-refractivity contribution in [3.05, 3.63) is 77.9 Å². The number of carbonyl (C=O) groups is 1. The normalized spacial score (nSPS) is 12.1. The summed E-state index contributed by atoms with van der Waals surface area (Å²) in [6, 6.07) is 21.8. The van der Waals surface area contributed by atoms with E-state index in [1.54, 1.807) is 7.05 Å². The van der Waals surface area contributed by atoms with Gasteiger partial charge in [0.15, 0.2) is 0 Å². The van der Waals surface area contributed by atoms with Crippen molar-refractivity contribution in [2.45, 2.75) is 26.3 Å². The average molecular weight is 359 g/mol. The summed E-state index contributed by atoms with van der Waals surface area (Å²) >= 11 is 0. The molecule has 0 radical (unpaired) electrons. The SMILES string of the molecule is C/N=C(\C)c1cccc(C(C)(C)NC(=O)Nc2ccc3ccccc3c2)c1. The van der Waals surface area contributed by atoms with Gasteiger partial charge in [0.2, 0.25) is 0 Å². The Bertz CT molecular complexity index is 1010. The molecule has 0 aliphatic rings. The molecule has 0 atom stereocenters. The van der Waals surface area contributed by atoms with E-state index in [9.17, 15) is 4.79 Å². The van der Waals surface area contributed by atoms with E-state index in [1.165, 1.54) is 0 Å². The lowest BCUT2D eigenvalue weighted by Gasteiger charge is -2.27. The first-order valence-corrected chi connectivity index (χ1v) is 9.01. The molecule has 27 heavy (non-hydrogen) atoms. The van der Waals surface area contributed by atoms with E-state index in [1.807, 2.05) is 75.4 Å². The lowest BCUT2D eigenvalue weighted by atomic mass is 9.92. The van der Waals surface area contributed by atoms with E-state index in [2.05, 4.69) is 27.8 Å². The summed E-state index contributed by atoms with van der Waals surface area (Å²) in [6.07, 6.45) is 0. The smallest absolute Gasteiger partial charge is 0.319 e. The minimum absolute atomic E-state index is 0.235. The van der Waals surface area contributed by atoms with Gasteiger partial charge in [-0.05, 0) is 60.9 Å². The number of nitrogens with zero attached hydrogens (tertiary/aromatic N) is 1. The number of aliphatic imine (C=N–C) groups is 1. The summed E-state index contributed by atoms with van der Waals surface area (Å²) in [6.45, 7) is 5.96. The van der Waals surface area contributed by atoms with Crippen molar-refractivity contribution < 1.29 is 4.79 Å². The fourth-order valence-electron chi connectivity index (χ4n) is 3.05. The molecule has 3 aromatic rings. The van der Waals surface area contributed by atoms with Crippen LogP contribution in [0.1, 0.15) is 31.9 Å². The highest BCUT2D eigenvalue weighted by atomic mass is 16.2. The van der Waals surface area contributed by atoms with Crippen LogP contribution >= 0.6 is 0 Å². The molecule has 0 saturated carbocycles. The first-order valence-electron chi connectivity index (χ1n) is 9.01. The number of carbonyl (C=O) groups excluding carboxylic acids is 1. The molecule has 0 aliphatic carbocycles. The van der Waals surface area contributed by atoms with Crippen LogP contribution in [0.3, 0.4) is 0 Å². The van der Waals surface area contributed by atoms with Gasteiger partial charge >= 0.3 is 6.03 Å².